The third-order valence-corrected chi connectivity index (χ3v) is 3.94. The molecule has 0 aromatic heterocycles. The molecule has 6 heteroatoms. The van der Waals surface area contributed by atoms with Crippen molar-refractivity contribution in [2.24, 2.45) is 0 Å². The summed E-state index contributed by atoms with van der Waals surface area (Å²) in [5.74, 6) is 0.317. The Morgan fingerprint density at radius 3 is 2.64 bits per heavy atom. The highest BCUT2D eigenvalue weighted by Gasteiger charge is 2.16. The molecule has 132 valence electrons. The van der Waals surface area contributed by atoms with E-state index in [9.17, 15) is 14.9 Å². The summed E-state index contributed by atoms with van der Waals surface area (Å²) in [5.41, 5.74) is 3.21. The lowest BCUT2D eigenvalue weighted by molar-refractivity contribution is -0.385. The number of esters is 1. The van der Waals surface area contributed by atoms with Gasteiger partial charge in [-0.15, -0.1) is 0 Å². The van der Waals surface area contributed by atoms with Crippen LogP contribution < -0.4 is 4.74 Å². The Balaban J connectivity index is 2.13. The lowest BCUT2D eigenvalue weighted by Gasteiger charge is -2.12. The molecule has 0 unspecified atom stereocenters. The molecule has 0 aliphatic heterocycles. The molecule has 25 heavy (non-hydrogen) atoms. The minimum absolute atomic E-state index is 0.0836. The highest BCUT2D eigenvalue weighted by Crippen LogP contribution is 2.26. The minimum Gasteiger partial charge on any atom is -0.489 e. The first-order valence-electron chi connectivity index (χ1n) is 8.03. The van der Waals surface area contributed by atoms with Crippen molar-refractivity contribution >= 4 is 11.7 Å². The SMILES string of the molecule is CCOC(=O)Cc1cccc(OCc2c(C)ccc([N+](=O)[O-])c2C)c1. The van der Waals surface area contributed by atoms with Gasteiger partial charge in [-0.25, -0.2) is 0 Å². The van der Waals surface area contributed by atoms with Gasteiger partial charge in [0.1, 0.15) is 12.4 Å². The van der Waals surface area contributed by atoms with Crippen LogP contribution in [0.15, 0.2) is 36.4 Å². The van der Waals surface area contributed by atoms with E-state index in [1.807, 2.05) is 13.0 Å². The Kier molecular flexibility index (Phi) is 6.11. The fourth-order valence-electron chi connectivity index (χ4n) is 2.58. The molecule has 0 aliphatic rings. The molecule has 0 aliphatic carbocycles. The third kappa shape index (κ3) is 4.79. The van der Waals surface area contributed by atoms with E-state index < -0.39 is 4.92 Å². The smallest absolute Gasteiger partial charge is 0.310 e. The molecule has 6 nitrogen and oxygen atoms in total. The number of benzene rings is 2. The van der Waals surface area contributed by atoms with Crippen LogP contribution in [0.25, 0.3) is 0 Å². The van der Waals surface area contributed by atoms with Crippen molar-refractivity contribution in [3.05, 3.63) is 68.8 Å². The summed E-state index contributed by atoms with van der Waals surface area (Å²) in [7, 11) is 0. The Hall–Kier alpha value is -2.89. The topological polar surface area (TPSA) is 78.7 Å². The van der Waals surface area contributed by atoms with Gasteiger partial charge in [0.2, 0.25) is 0 Å². The van der Waals surface area contributed by atoms with Crippen LogP contribution in [0.4, 0.5) is 5.69 Å². The highest BCUT2D eigenvalue weighted by atomic mass is 16.6. The second-order valence-electron chi connectivity index (χ2n) is 5.68. The van der Waals surface area contributed by atoms with E-state index in [-0.39, 0.29) is 24.7 Å². The van der Waals surface area contributed by atoms with E-state index in [4.69, 9.17) is 9.47 Å². The Morgan fingerprint density at radius 1 is 1.20 bits per heavy atom. The number of hydrogen-bond acceptors (Lipinski definition) is 5. The fraction of sp³-hybridized carbons (Fsp3) is 0.316. The maximum absolute atomic E-state index is 11.6. The van der Waals surface area contributed by atoms with Crippen LogP contribution in [0, 0.1) is 24.0 Å². The zero-order valence-corrected chi connectivity index (χ0v) is 14.6. The molecule has 0 heterocycles. The van der Waals surface area contributed by atoms with E-state index >= 15 is 0 Å². The van der Waals surface area contributed by atoms with Gasteiger partial charge in [0, 0.05) is 17.2 Å². The van der Waals surface area contributed by atoms with Gasteiger partial charge < -0.3 is 9.47 Å². The van der Waals surface area contributed by atoms with Gasteiger partial charge in [0.15, 0.2) is 0 Å². The molecular weight excluding hydrogens is 322 g/mol. The van der Waals surface area contributed by atoms with Gasteiger partial charge in [-0.2, -0.15) is 0 Å². The van der Waals surface area contributed by atoms with E-state index in [1.165, 1.54) is 6.07 Å². The van der Waals surface area contributed by atoms with Crippen molar-refractivity contribution < 1.29 is 19.2 Å². The first-order valence-corrected chi connectivity index (χ1v) is 8.03. The van der Waals surface area contributed by atoms with Crippen LogP contribution in [0.1, 0.15) is 29.2 Å². The van der Waals surface area contributed by atoms with Crippen LogP contribution >= 0.6 is 0 Å². The van der Waals surface area contributed by atoms with Crippen LogP contribution in [-0.4, -0.2) is 17.5 Å². The molecule has 0 fully saturated rings. The molecule has 0 spiro atoms. The third-order valence-electron chi connectivity index (χ3n) is 3.94. The molecule has 2 aromatic carbocycles. The predicted octanol–water partition coefficient (Wildman–Crippen LogP) is 3.90. The normalized spacial score (nSPS) is 10.4. The number of carbonyl (C=O) groups is 1. The van der Waals surface area contributed by atoms with Crippen molar-refractivity contribution in [2.45, 2.75) is 33.8 Å². The summed E-state index contributed by atoms with van der Waals surface area (Å²) in [6.45, 7) is 5.96. The zero-order chi connectivity index (χ0) is 18.4. The molecular formula is C19H21NO5. The Labute approximate surface area is 146 Å². The number of carbonyl (C=O) groups excluding carboxylic acids is 1. The second kappa shape index (κ2) is 8.28. The lowest BCUT2D eigenvalue weighted by Crippen LogP contribution is -2.07. The van der Waals surface area contributed by atoms with E-state index in [2.05, 4.69) is 0 Å². The number of nitrogens with zero attached hydrogens (tertiary/aromatic N) is 1. The van der Waals surface area contributed by atoms with Crippen LogP contribution in [0.3, 0.4) is 0 Å². The van der Waals surface area contributed by atoms with Gasteiger partial charge in [-0.1, -0.05) is 18.2 Å². The van der Waals surface area contributed by atoms with Gasteiger partial charge in [-0.05, 0) is 44.0 Å². The zero-order valence-electron chi connectivity index (χ0n) is 14.6. The molecule has 0 radical (unpaired) electrons. The number of aryl methyl sites for hydroxylation is 1. The van der Waals surface area contributed by atoms with Crippen molar-refractivity contribution in [1.29, 1.82) is 0 Å². The Morgan fingerprint density at radius 2 is 1.96 bits per heavy atom. The quantitative estimate of drug-likeness (QED) is 0.433. The van der Waals surface area contributed by atoms with E-state index in [1.54, 1.807) is 38.1 Å². The number of hydrogen-bond donors (Lipinski definition) is 0. The molecule has 0 saturated heterocycles. The first kappa shape index (κ1) is 18.4. The van der Waals surface area contributed by atoms with Gasteiger partial charge >= 0.3 is 5.97 Å². The largest absolute Gasteiger partial charge is 0.489 e. The molecule has 0 N–H and O–H groups in total. The lowest BCUT2D eigenvalue weighted by atomic mass is 10.0. The highest BCUT2D eigenvalue weighted by molar-refractivity contribution is 5.72. The summed E-state index contributed by atoms with van der Waals surface area (Å²) in [5, 5.41) is 11.1. The fourth-order valence-corrected chi connectivity index (χ4v) is 2.58. The predicted molar refractivity (Wildman–Crippen MR) is 93.7 cm³/mol. The van der Waals surface area contributed by atoms with E-state index in [0.717, 1.165) is 16.7 Å². The van der Waals surface area contributed by atoms with Crippen molar-refractivity contribution in [3.63, 3.8) is 0 Å². The average Bonchev–Trinajstić information content (AvgIpc) is 2.54. The second-order valence-corrected chi connectivity index (χ2v) is 5.68. The molecule has 0 amide bonds. The molecule has 0 bridgehead atoms. The summed E-state index contributed by atoms with van der Waals surface area (Å²) in [4.78, 5) is 22.3. The standard InChI is InChI=1S/C19H21NO5/c1-4-24-19(21)11-15-6-5-7-16(10-15)25-12-17-13(2)8-9-18(14(17)3)20(22)23/h5-10H,4,11-12H2,1-3H3. The van der Waals surface area contributed by atoms with Crippen LogP contribution in [-0.2, 0) is 22.6 Å². The average molecular weight is 343 g/mol. The van der Waals surface area contributed by atoms with Crippen LogP contribution in [0.5, 0.6) is 5.75 Å². The summed E-state index contributed by atoms with van der Waals surface area (Å²) in [6, 6.07) is 10.4. The molecule has 0 saturated carbocycles. The van der Waals surface area contributed by atoms with Crippen molar-refractivity contribution in [1.82, 2.24) is 0 Å². The number of ether oxygens (including phenoxy) is 2. The van der Waals surface area contributed by atoms with Gasteiger partial charge in [-0.3, -0.25) is 14.9 Å². The van der Waals surface area contributed by atoms with Crippen molar-refractivity contribution in [2.75, 3.05) is 6.61 Å². The number of nitro groups is 1. The monoisotopic (exact) mass is 343 g/mol. The maximum Gasteiger partial charge on any atom is 0.310 e. The van der Waals surface area contributed by atoms with Crippen molar-refractivity contribution in [3.8, 4) is 5.75 Å². The first-order chi connectivity index (χ1) is 11.9. The van der Waals surface area contributed by atoms with E-state index in [0.29, 0.717) is 17.9 Å². The minimum atomic E-state index is -0.391. The summed E-state index contributed by atoms with van der Waals surface area (Å²) in [6.07, 6.45) is 0.180. The number of nitro benzene ring substituents is 1. The summed E-state index contributed by atoms with van der Waals surface area (Å²) < 4.78 is 10.7. The molecule has 0 atom stereocenters. The van der Waals surface area contributed by atoms with Crippen LogP contribution in [0.2, 0.25) is 0 Å². The van der Waals surface area contributed by atoms with Gasteiger partial charge in [0.25, 0.3) is 5.69 Å². The molecule has 2 rings (SSSR count). The van der Waals surface area contributed by atoms with Gasteiger partial charge in [0.05, 0.1) is 18.0 Å². The summed E-state index contributed by atoms with van der Waals surface area (Å²) >= 11 is 0. The number of rotatable bonds is 7. The Bertz CT molecular complexity index is 785. The molecule has 2 aromatic rings. The maximum atomic E-state index is 11.6.